The molecule has 0 saturated carbocycles. The summed E-state index contributed by atoms with van der Waals surface area (Å²) in [4.78, 5) is 10.6. The molecule has 3 aromatic heterocycles. The molecule has 0 unspecified atom stereocenters. The lowest BCUT2D eigenvalue weighted by molar-refractivity contribution is 0.671. The Morgan fingerprint density at radius 1 is 0.407 bits per heavy atom. The molecule has 11 rings (SSSR count). The number of nitrogens with zero attached hydrogens (tertiary/aromatic N) is 3. The van der Waals surface area contributed by atoms with Crippen molar-refractivity contribution in [3.05, 3.63) is 188 Å². The van der Waals surface area contributed by atoms with E-state index in [0.717, 1.165) is 77.0 Å². The Morgan fingerprint density at radius 2 is 0.963 bits per heavy atom. The van der Waals surface area contributed by atoms with Gasteiger partial charge in [-0.1, -0.05) is 164 Å². The molecular formula is C50H31N3O. The van der Waals surface area contributed by atoms with Crippen LogP contribution in [0.4, 0.5) is 0 Å². The van der Waals surface area contributed by atoms with Crippen LogP contribution in [-0.2, 0) is 0 Å². The van der Waals surface area contributed by atoms with E-state index in [1.807, 2.05) is 30.3 Å². The van der Waals surface area contributed by atoms with Crippen molar-refractivity contribution in [2.24, 2.45) is 0 Å². The molecule has 0 bridgehead atoms. The lowest BCUT2D eigenvalue weighted by Crippen LogP contribution is -2.03. The Bertz CT molecular complexity index is 3200. The molecule has 0 aliphatic rings. The monoisotopic (exact) mass is 689 g/mol. The van der Waals surface area contributed by atoms with Crippen molar-refractivity contribution >= 4 is 54.6 Å². The molecule has 0 aliphatic carbocycles. The molecule has 0 saturated heterocycles. The molecule has 54 heavy (non-hydrogen) atoms. The summed E-state index contributed by atoms with van der Waals surface area (Å²) < 4.78 is 9.02. The summed E-state index contributed by atoms with van der Waals surface area (Å²) in [6.07, 6.45) is 0. The second kappa shape index (κ2) is 12.1. The van der Waals surface area contributed by atoms with Gasteiger partial charge in [-0.3, -0.25) is 4.57 Å². The zero-order chi connectivity index (χ0) is 35.6. The molecule has 0 radical (unpaired) electrons. The average molecular weight is 690 g/mol. The maximum absolute atomic E-state index is 6.81. The third-order valence-electron chi connectivity index (χ3n) is 10.6. The van der Waals surface area contributed by atoms with Gasteiger partial charge in [0.2, 0.25) is 5.95 Å². The van der Waals surface area contributed by atoms with Crippen molar-refractivity contribution in [3.63, 3.8) is 0 Å². The maximum Gasteiger partial charge on any atom is 0.235 e. The van der Waals surface area contributed by atoms with Crippen LogP contribution < -0.4 is 0 Å². The minimum atomic E-state index is 0.602. The lowest BCUT2D eigenvalue weighted by Gasteiger charge is -2.13. The molecule has 252 valence electrons. The van der Waals surface area contributed by atoms with Crippen LogP contribution >= 0.6 is 0 Å². The van der Waals surface area contributed by atoms with Crippen LogP contribution in [0.5, 0.6) is 0 Å². The minimum Gasteiger partial charge on any atom is -0.454 e. The third-order valence-corrected chi connectivity index (χ3v) is 10.6. The van der Waals surface area contributed by atoms with Gasteiger partial charge in [-0.15, -0.1) is 0 Å². The van der Waals surface area contributed by atoms with Gasteiger partial charge < -0.3 is 4.42 Å². The van der Waals surface area contributed by atoms with E-state index in [2.05, 4.69) is 162 Å². The third kappa shape index (κ3) is 4.70. The van der Waals surface area contributed by atoms with Crippen molar-refractivity contribution < 1.29 is 4.42 Å². The molecule has 3 heterocycles. The first-order chi connectivity index (χ1) is 26.8. The van der Waals surface area contributed by atoms with Gasteiger partial charge in [0.05, 0.1) is 16.7 Å². The van der Waals surface area contributed by atoms with Crippen molar-refractivity contribution in [2.75, 3.05) is 0 Å². The zero-order valence-electron chi connectivity index (χ0n) is 29.1. The predicted molar refractivity (Wildman–Crippen MR) is 223 cm³/mol. The predicted octanol–water partition coefficient (Wildman–Crippen LogP) is 13.3. The fourth-order valence-corrected chi connectivity index (χ4v) is 8.18. The topological polar surface area (TPSA) is 43.9 Å². The Kier molecular flexibility index (Phi) is 6.82. The molecule has 0 aliphatic heterocycles. The second-order valence-electron chi connectivity index (χ2n) is 13.7. The van der Waals surface area contributed by atoms with Gasteiger partial charge in [-0.05, 0) is 57.6 Å². The Hall–Kier alpha value is -7.30. The number of aromatic nitrogens is 3. The summed E-state index contributed by atoms with van der Waals surface area (Å²) >= 11 is 0. The van der Waals surface area contributed by atoms with Crippen LogP contribution in [0, 0.1) is 0 Å². The van der Waals surface area contributed by atoms with Crippen molar-refractivity contribution in [1.29, 1.82) is 0 Å². The highest BCUT2D eigenvalue weighted by molar-refractivity contribution is 6.26. The van der Waals surface area contributed by atoms with E-state index in [1.54, 1.807) is 0 Å². The molecular weight excluding hydrogens is 659 g/mol. The zero-order valence-corrected chi connectivity index (χ0v) is 29.1. The van der Waals surface area contributed by atoms with Crippen LogP contribution in [0.2, 0.25) is 0 Å². The Morgan fingerprint density at radius 3 is 1.70 bits per heavy atom. The summed E-state index contributed by atoms with van der Waals surface area (Å²) in [7, 11) is 0. The van der Waals surface area contributed by atoms with Crippen molar-refractivity contribution in [1.82, 2.24) is 14.5 Å². The van der Waals surface area contributed by atoms with Gasteiger partial charge in [0, 0.05) is 32.5 Å². The molecule has 0 N–H and O–H groups in total. The van der Waals surface area contributed by atoms with Gasteiger partial charge in [0.1, 0.15) is 11.1 Å². The first kappa shape index (κ1) is 30.3. The molecule has 0 atom stereocenters. The smallest absolute Gasteiger partial charge is 0.235 e. The first-order valence-corrected chi connectivity index (χ1v) is 18.3. The Labute approximate surface area is 311 Å². The molecule has 0 fully saturated rings. The summed E-state index contributed by atoms with van der Waals surface area (Å²) in [5, 5.41) is 5.36. The van der Waals surface area contributed by atoms with E-state index in [4.69, 9.17) is 14.4 Å². The van der Waals surface area contributed by atoms with E-state index in [0.29, 0.717) is 5.95 Å². The standard InChI is InChI=1S/C50H31N3O/c1-3-15-32(16-4-1)36-19-7-8-20-37(36)33-27-29-34(30-28-33)41-31-42-38-21-11-14-26-45(38)54-49(42)48-46(41)40-23-10-13-25-44(40)53(48)50-51-43-24-12-9-22-39(43)47(52-50)35-17-5-2-6-18-35/h1-31H. The fraction of sp³-hybridized carbons (Fsp3) is 0. The molecule has 11 aromatic rings. The maximum atomic E-state index is 6.81. The lowest BCUT2D eigenvalue weighted by atomic mass is 9.92. The van der Waals surface area contributed by atoms with Crippen LogP contribution in [0.25, 0.3) is 105 Å². The van der Waals surface area contributed by atoms with Crippen LogP contribution in [0.15, 0.2) is 192 Å². The SMILES string of the molecule is c1ccc(-c2ccccc2-c2ccc(-c3cc4c5ccccc5oc4c4c3c3ccccc3n4-c3nc(-c4ccccc4)c4ccccc4n3)cc2)cc1. The van der Waals surface area contributed by atoms with Gasteiger partial charge in [0.25, 0.3) is 0 Å². The number of hydrogen-bond donors (Lipinski definition) is 0. The number of para-hydroxylation sites is 3. The van der Waals surface area contributed by atoms with Crippen LogP contribution in [0.1, 0.15) is 0 Å². The number of furan rings is 1. The largest absolute Gasteiger partial charge is 0.454 e. The number of benzene rings is 8. The minimum absolute atomic E-state index is 0.602. The van der Waals surface area contributed by atoms with Crippen molar-refractivity contribution in [3.8, 4) is 50.6 Å². The van der Waals surface area contributed by atoms with E-state index >= 15 is 0 Å². The van der Waals surface area contributed by atoms with Crippen LogP contribution in [0.3, 0.4) is 0 Å². The van der Waals surface area contributed by atoms with E-state index in [1.165, 1.54) is 22.3 Å². The molecule has 0 spiro atoms. The molecule has 4 nitrogen and oxygen atoms in total. The average Bonchev–Trinajstić information content (AvgIpc) is 3.80. The molecule has 8 aromatic carbocycles. The number of hydrogen-bond acceptors (Lipinski definition) is 3. The normalized spacial score (nSPS) is 11.7. The number of fused-ring (bicyclic) bond motifs is 8. The molecule has 0 amide bonds. The quantitative estimate of drug-likeness (QED) is 0.181. The fourth-order valence-electron chi connectivity index (χ4n) is 8.18. The van der Waals surface area contributed by atoms with E-state index in [-0.39, 0.29) is 0 Å². The summed E-state index contributed by atoms with van der Waals surface area (Å²) in [6, 6.07) is 66.1. The Balaban J connectivity index is 1.21. The number of rotatable bonds is 5. The highest BCUT2D eigenvalue weighted by atomic mass is 16.3. The van der Waals surface area contributed by atoms with Crippen LogP contribution in [-0.4, -0.2) is 14.5 Å². The van der Waals surface area contributed by atoms with E-state index in [9.17, 15) is 0 Å². The first-order valence-electron chi connectivity index (χ1n) is 18.3. The van der Waals surface area contributed by atoms with Gasteiger partial charge in [-0.25, -0.2) is 9.97 Å². The molecule has 4 heteroatoms. The van der Waals surface area contributed by atoms with Gasteiger partial charge >= 0.3 is 0 Å². The van der Waals surface area contributed by atoms with E-state index < -0.39 is 0 Å². The summed E-state index contributed by atoms with van der Waals surface area (Å²) in [6.45, 7) is 0. The van der Waals surface area contributed by atoms with Crippen molar-refractivity contribution in [2.45, 2.75) is 0 Å². The van der Waals surface area contributed by atoms with Gasteiger partial charge in [-0.2, -0.15) is 0 Å². The highest BCUT2D eigenvalue weighted by Gasteiger charge is 2.25. The summed E-state index contributed by atoms with van der Waals surface area (Å²) in [5.41, 5.74) is 13.5. The highest BCUT2D eigenvalue weighted by Crippen LogP contribution is 2.46. The summed E-state index contributed by atoms with van der Waals surface area (Å²) in [5.74, 6) is 0.602. The van der Waals surface area contributed by atoms with Gasteiger partial charge in [0.15, 0.2) is 5.58 Å². The second-order valence-corrected chi connectivity index (χ2v) is 13.7.